The molecular formula is C19H19N3O7. The molecule has 1 aromatic heterocycles. The van der Waals surface area contributed by atoms with Crippen LogP contribution < -0.4 is 5.32 Å². The maximum Gasteiger partial charge on any atom is 0.329 e. The number of esters is 2. The predicted octanol–water partition coefficient (Wildman–Crippen LogP) is 1.61. The molecule has 0 saturated heterocycles. The third kappa shape index (κ3) is 5.58. The number of nitro benzene ring substituents is 1. The zero-order valence-corrected chi connectivity index (χ0v) is 15.7. The molecule has 1 N–H and O–H groups in total. The summed E-state index contributed by atoms with van der Waals surface area (Å²) < 4.78 is 9.49. The van der Waals surface area contributed by atoms with Crippen molar-refractivity contribution in [3.05, 3.63) is 70.0 Å². The number of rotatable bonds is 8. The lowest BCUT2D eigenvalue weighted by Crippen LogP contribution is -2.46. The Morgan fingerprint density at radius 3 is 2.34 bits per heavy atom. The van der Waals surface area contributed by atoms with Gasteiger partial charge in [-0.1, -0.05) is 12.1 Å². The molecule has 29 heavy (non-hydrogen) atoms. The number of benzene rings is 1. The minimum absolute atomic E-state index is 0.153. The number of carbonyl (C=O) groups is 3. The molecule has 2 rings (SSSR count). The Labute approximate surface area is 166 Å². The van der Waals surface area contributed by atoms with Crippen molar-refractivity contribution in [1.82, 2.24) is 10.3 Å². The first-order valence-corrected chi connectivity index (χ1v) is 8.47. The second-order valence-electron chi connectivity index (χ2n) is 5.95. The smallest absolute Gasteiger partial charge is 0.329 e. The highest BCUT2D eigenvalue weighted by atomic mass is 16.6. The van der Waals surface area contributed by atoms with Gasteiger partial charge in [-0.2, -0.15) is 0 Å². The van der Waals surface area contributed by atoms with Gasteiger partial charge in [-0.3, -0.25) is 24.7 Å². The van der Waals surface area contributed by atoms with Crippen LogP contribution in [-0.4, -0.2) is 48.0 Å². The van der Waals surface area contributed by atoms with Crippen LogP contribution in [0.2, 0.25) is 0 Å². The van der Waals surface area contributed by atoms with Gasteiger partial charge in [0.1, 0.15) is 6.04 Å². The molecule has 0 fully saturated rings. The summed E-state index contributed by atoms with van der Waals surface area (Å²) >= 11 is 0. The van der Waals surface area contributed by atoms with E-state index >= 15 is 0 Å². The van der Waals surface area contributed by atoms with Crippen molar-refractivity contribution in [2.45, 2.75) is 18.4 Å². The standard InChI is InChI=1S/C19H19N3O7/c1-28-16(23)10-15(12-5-7-14(8-6-12)22(26)27)17(19(25)29-2)21-18(24)13-4-3-9-20-11-13/h3-9,11,15,17H,10H2,1-2H3,(H,21,24)/t15-,17-/m0/s1. The number of pyridine rings is 1. The Morgan fingerprint density at radius 1 is 1.14 bits per heavy atom. The zero-order chi connectivity index (χ0) is 21.4. The molecule has 0 unspecified atom stereocenters. The van der Waals surface area contributed by atoms with Crippen molar-refractivity contribution >= 4 is 23.5 Å². The SMILES string of the molecule is COC(=O)C[C@@H](c1ccc([N+](=O)[O-])cc1)[C@H](NC(=O)c1cccnc1)C(=O)OC. The number of amides is 1. The first-order valence-electron chi connectivity index (χ1n) is 8.47. The molecule has 10 heteroatoms. The summed E-state index contributed by atoms with van der Waals surface area (Å²) in [6.45, 7) is 0. The van der Waals surface area contributed by atoms with Crippen molar-refractivity contribution in [1.29, 1.82) is 0 Å². The van der Waals surface area contributed by atoms with E-state index in [-0.39, 0.29) is 17.7 Å². The monoisotopic (exact) mass is 401 g/mol. The number of nitrogens with zero attached hydrogens (tertiary/aromatic N) is 2. The molecular weight excluding hydrogens is 382 g/mol. The summed E-state index contributed by atoms with van der Waals surface area (Å²) in [4.78, 5) is 51.1. The molecule has 1 amide bonds. The number of aromatic nitrogens is 1. The molecule has 0 aliphatic heterocycles. The largest absolute Gasteiger partial charge is 0.469 e. The molecule has 1 heterocycles. The Morgan fingerprint density at radius 2 is 1.83 bits per heavy atom. The summed E-state index contributed by atoms with van der Waals surface area (Å²) in [5.74, 6) is -2.88. The number of methoxy groups -OCH3 is 2. The highest BCUT2D eigenvalue weighted by Gasteiger charge is 2.34. The number of hydrogen-bond acceptors (Lipinski definition) is 8. The number of ether oxygens (including phenoxy) is 2. The Hall–Kier alpha value is -3.82. The van der Waals surface area contributed by atoms with E-state index in [4.69, 9.17) is 9.47 Å². The third-order valence-corrected chi connectivity index (χ3v) is 4.21. The van der Waals surface area contributed by atoms with Crippen LogP contribution in [0, 0.1) is 10.1 Å². The van der Waals surface area contributed by atoms with E-state index in [0.29, 0.717) is 5.56 Å². The fourth-order valence-electron chi connectivity index (χ4n) is 2.71. The topological polar surface area (TPSA) is 138 Å². The average Bonchev–Trinajstić information content (AvgIpc) is 2.75. The maximum absolute atomic E-state index is 12.5. The van der Waals surface area contributed by atoms with E-state index in [2.05, 4.69) is 10.3 Å². The van der Waals surface area contributed by atoms with Gasteiger partial charge in [-0.15, -0.1) is 0 Å². The second kappa shape index (κ2) is 9.93. The Kier molecular flexibility index (Phi) is 7.35. The van der Waals surface area contributed by atoms with Crippen molar-refractivity contribution in [3.8, 4) is 0 Å². The van der Waals surface area contributed by atoms with Crippen LogP contribution in [-0.2, 0) is 19.1 Å². The molecule has 0 aliphatic rings. The molecule has 0 bridgehead atoms. The fraction of sp³-hybridized carbons (Fsp3) is 0.263. The van der Waals surface area contributed by atoms with E-state index in [9.17, 15) is 24.5 Å². The number of carbonyl (C=O) groups excluding carboxylic acids is 3. The predicted molar refractivity (Wildman–Crippen MR) is 100.0 cm³/mol. The van der Waals surface area contributed by atoms with Gasteiger partial charge in [0, 0.05) is 30.4 Å². The van der Waals surface area contributed by atoms with Crippen molar-refractivity contribution in [2.24, 2.45) is 0 Å². The van der Waals surface area contributed by atoms with Gasteiger partial charge in [0.25, 0.3) is 11.6 Å². The summed E-state index contributed by atoms with van der Waals surface area (Å²) in [6, 6.07) is 7.15. The number of non-ortho nitro benzene ring substituents is 1. The lowest BCUT2D eigenvalue weighted by atomic mass is 9.88. The van der Waals surface area contributed by atoms with Gasteiger partial charge in [0.15, 0.2) is 0 Å². The summed E-state index contributed by atoms with van der Waals surface area (Å²) in [7, 11) is 2.34. The van der Waals surface area contributed by atoms with E-state index in [0.717, 1.165) is 7.11 Å². The van der Waals surface area contributed by atoms with Crippen molar-refractivity contribution in [3.63, 3.8) is 0 Å². The van der Waals surface area contributed by atoms with E-state index < -0.39 is 34.7 Å². The van der Waals surface area contributed by atoms with E-state index in [1.54, 1.807) is 6.07 Å². The van der Waals surface area contributed by atoms with E-state index in [1.807, 2.05) is 0 Å². The van der Waals surface area contributed by atoms with Gasteiger partial charge < -0.3 is 14.8 Å². The molecule has 0 saturated carbocycles. The van der Waals surface area contributed by atoms with Crippen LogP contribution in [0.3, 0.4) is 0 Å². The Balaban J connectivity index is 2.40. The molecule has 2 aromatic rings. The molecule has 10 nitrogen and oxygen atoms in total. The fourth-order valence-corrected chi connectivity index (χ4v) is 2.71. The van der Waals surface area contributed by atoms with Crippen molar-refractivity contribution < 1.29 is 28.8 Å². The highest BCUT2D eigenvalue weighted by Crippen LogP contribution is 2.27. The van der Waals surface area contributed by atoms with Crippen LogP contribution in [0.4, 0.5) is 5.69 Å². The van der Waals surface area contributed by atoms with Gasteiger partial charge >= 0.3 is 11.9 Å². The molecule has 152 valence electrons. The number of nitro groups is 1. The molecule has 0 radical (unpaired) electrons. The van der Waals surface area contributed by atoms with Crippen LogP contribution in [0.25, 0.3) is 0 Å². The maximum atomic E-state index is 12.5. The lowest BCUT2D eigenvalue weighted by Gasteiger charge is -2.25. The Bertz CT molecular complexity index is 884. The van der Waals surface area contributed by atoms with Gasteiger partial charge in [-0.05, 0) is 17.7 Å². The summed E-state index contributed by atoms with van der Waals surface area (Å²) in [5, 5.41) is 13.4. The highest BCUT2D eigenvalue weighted by molar-refractivity contribution is 5.97. The summed E-state index contributed by atoms with van der Waals surface area (Å²) in [5.41, 5.74) is 0.476. The van der Waals surface area contributed by atoms with Gasteiger partial charge in [-0.25, -0.2) is 4.79 Å². The first-order chi connectivity index (χ1) is 13.9. The minimum Gasteiger partial charge on any atom is -0.469 e. The van der Waals surface area contributed by atoms with Crippen molar-refractivity contribution in [2.75, 3.05) is 14.2 Å². The second-order valence-corrected chi connectivity index (χ2v) is 5.95. The number of hydrogen-bond donors (Lipinski definition) is 1. The van der Waals surface area contributed by atoms with Crippen LogP contribution in [0.15, 0.2) is 48.8 Å². The molecule has 2 atom stereocenters. The zero-order valence-electron chi connectivity index (χ0n) is 15.7. The van der Waals surface area contributed by atoms with Gasteiger partial charge in [0.05, 0.1) is 31.1 Å². The molecule has 0 aliphatic carbocycles. The summed E-state index contributed by atoms with van der Waals surface area (Å²) in [6.07, 6.45) is 2.55. The quantitative estimate of drug-likeness (QED) is 0.400. The van der Waals surface area contributed by atoms with Crippen LogP contribution in [0.1, 0.15) is 28.3 Å². The minimum atomic E-state index is -1.24. The van der Waals surface area contributed by atoms with Crippen LogP contribution in [0.5, 0.6) is 0 Å². The molecule has 1 aromatic carbocycles. The normalized spacial score (nSPS) is 12.3. The number of nitrogens with one attached hydrogen (secondary N) is 1. The van der Waals surface area contributed by atoms with E-state index in [1.165, 1.54) is 49.8 Å². The van der Waals surface area contributed by atoms with Gasteiger partial charge in [0.2, 0.25) is 0 Å². The molecule has 0 spiro atoms. The first kappa shape index (κ1) is 21.5. The third-order valence-electron chi connectivity index (χ3n) is 4.21. The van der Waals surface area contributed by atoms with Crippen LogP contribution >= 0.6 is 0 Å². The lowest BCUT2D eigenvalue weighted by molar-refractivity contribution is -0.384. The average molecular weight is 401 g/mol.